The van der Waals surface area contributed by atoms with Gasteiger partial charge in [-0.3, -0.25) is 9.97 Å². The van der Waals surface area contributed by atoms with E-state index in [1.54, 1.807) is 12.4 Å². The first-order chi connectivity index (χ1) is 5.62. The lowest BCUT2D eigenvalue weighted by atomic mass is 9.97. The second kappa shape index (κ2) is 2.24. The van der Waals surface area contributed by atoms with Crippen molar-refractivity contribution in [3.05, 3.63) is 23.8 Å². The normalized spacial score (nSPS) is 33.4. The van der Waals surface area contributed by atoms with E-state index < -0.39 is 5.54 Å². The predicted molar refractivity (Wildman–Crippen MR) is 45.3 cm³/mol. The molecule has 0 amide bonds. The van der Waals surface area contributed by atoms with Crippen molar-refractivity contribution >= 4 is 0 Å². The molecule has 1 aliphatic rings. The molecule has 4 N–H and O–H groups in total. The third-order valence-corrected chi connectivity index (χ3v) is 2.47. The monoisotopic (exact) mass is 164 g/mol. The zero-order valence-electron chi connectivity index (χ0n) is 6.99. The minimum atomic E-state index is -0.510. The minimum absolute atomic E-state index is 0.0603. The van der Waals surface area contributed by atoms with Crippen LogP contribution in [0.15, 0.2) is 12.4 Å². The van der Waals surface area contributed by atoms with Crippen molar-refractivity contribution in [2.75, 3.05) is 0 Å². The van der Waals surface area contributed by atoms with Crippen LogP contribution in [0.3, 0.4) is 0 Å². The van der Waals surface area contributed by atoms with Crippen LogP contribution in [0, 0.1) is 0 Å². The molecular formula is C8H12N4. The van der Waals surface area contributed by atoms with E-state index in [-0.39, 0.29) is 6.04 Å². The van der Waals surface area contributed by atoms with E-state index in [0.29, 0.717) is 0 Å². The van der Waals surface area contributed by atoms with Gasteiger partial charge in [-0.15, -0.1) is 0 Å². The molecule has 1 aromatic rings. The molecule has 12 heavy (non-hydrogen) atoms. The third-order valence-electron chi connectivity index (χ3n) is 2.47. The van der Waals surface area contributed by atoms with Crippen LogP contribution in [0.1, 0.15) is 18.3 Å². The van der Waals surface area contributed by atoms with E-state index in [1.807, 2.05) is 6.92 Å². The fourth-order valence-electron chi connectivity index (χ4n) is 1.56. The van der Waals surface area contributed by atoms with Gasteiger partial charge in [0.1, 0.15) is 0 Å². The Hall–Kier alpha value is -1.00. The van der Waals surface area contributed by atoms with E-state index in [9.17, 15) is 0 Å². The van der Waals surface area contributed by atoms with Gasteiger partial charge >= 0.3 is 0 Å². The van der Waals surface area contributed by atoms with Crippen LogP contribution >= 0.6 is 0 Å². The molecule has 2 atom stereocenters. The topological polar surface area (TPSA) is 77.8 Å². The Kier molecular flexibility index (Phi) is 1.43. The Bertz CT molecular complexity index is 308. The average Bonchev–Trinajstić information content (AvgIpc) is 2.25. The number of nitrogens with two attached hydrogens (primary N) is 2. The molecule has 4 nitrogen and oxygen atoms in total. The highest BCUT2D eigenvalue weighted by atomic mass is 15.0. The highest BCUT2D eigenvalue weighted by Gasteiger charge is 2.39. The number of hydrogen-bond acceptors (Lipinski definition) is 4. The van der Waals surface area contributed by atoms with Crippen molar-refractivity contribution in [1.82, 2.24) is 9.97 Å². The average molecular weight is 164 g/mol. The van der Waals surface area contributed by atoms with Gasteiger partial charge in [0, 0.05) is 24.9 Å². The van der Waals surface area contributed by atoms with Crippen molar-refractivity contribution in [3.63, 3.8) is 0 Å². The summed E-state index contributed by atoms with van der Waals surface area (Å²) in [6, 6.07) is -0.0603. The molecule has 1 unspecified atom stereocenters. The van der Waals surface area contributed by atoms with E-state index >= 15 is 0 Å². The van der Waals surface area contributed by atoms with Crippen molar-refractivity contribution in [2.45, 2.75) is 24.9 Å². The minimum Gasteiger partial charge on any atom is -0.325 e. The number of rotatable bonds is 0. The van der Waals surface area contributed by atoms with Crippen molar-refractivity contribution in [1.29, 1.82) is 0 Å². The van der Waals surface area contributed by atoms with Crippen LogP contribution in [0.5, 0.6) is 0 Å². The highest BCUT2D eigenvalue weighted by Crippen LogP contribution is 2.29. The van der Waals surface area contributed by atoms with Crippen LogP contribution in [-0.4, -0.2) is 16.0 Å². The van der Waals surface area contributed by atoms with Gasteiger partial charge in [0.05, 0.1) is 16.9 Å². The lowest BCUT2D eigenvalue weighted by molar-refractivity contribution is 0.412. The number of aromatic nitrogens is 2. The molecule has 64 valence electrons. The summed E-state index contributed by atoms with van der Waals surface area (Å²) in [5.74, 6) is 0. The summed E-state index contributed by atoms with van der Waals surface area (Å²) in [4.78, 5) is 8.38. The third kappa shape index (κ3) is 0.852. The summed E-state index contributed by atoms with van der Waals surface area (Å²) < 4.78 is 0. The van der Waals surface area contributed by atoms with Gasteiger partial charge in [-0.25, -0.2) is 0 Å². The zero-order chi connectivity index (χ0) is 8.77. The molecule has 0 aliphatic heterocycles. The number of fused-ring (bicyclic) bond motifs is 1. The molecule has 0 saturated carbocycles. The Labute approximate surface area is 71.0 Å². The number of hydrogen-bond donors (Lipinski definition) is 2. The maximum atomic E-state index is 6.01. The summed E-state index contributed by atoms with van der Waals surface area (Å²) >= 11 is 0. The van der Waals surface area contributed by atoms with Crippen LogP contribution in [0.2, 0.25) is 0 Å². The van der Waals surface area contributed by atoms with Crippen molar-refractivity contribution in [3.8, 4) is 0 Å². The van der Waals surface area contributed by atoms with Gasteiger partial charge in [-0.05, 0) is 6.92 Å². The molecule has 0 fully saturated rings. The largest absolute Gasteiger partial charge is 0.325 e. The lowest BCUT2D eigenvalue weighted by Crippen LogP contribution is -2.47. The lowest BCUT2D eigenvalue weighted by Gasteiger charge is -2.22. The highest BCUT2D eigenvalue weighted by molar-refractivity contribution is 5.29. The first-order valence-corrected chi connectivity index (χ1v) is 3.97. The Morgan fingerprint density at radius 2 is 2.17 bits per heavy atom. The van der Waals surface area contributed by atoms with E-state index in [4.69, 9.17) is 11.5 Å². The van der Waals surface area contributed by atoms with Gasteiger partial charge in [0.25, 0.3) is 0 Å². The van der Waals surface area contributed by atoms with Gasteiger partial charge in [0.2, 0.25) is 0 Å². The summed E-state index contributed by atoms with van der Waals surface area (Å²) in [7, 11) is 0. The summed E-state index contributed by atoms with van der Waals surface area (Å²) in [6.45, 7) is 1.90. The summed E-state index contributed by atoms with van der Waals surface area (Å²) in [5, 5.41) is 0. The molecule has 1 aromatic heterocycles. The Balaban J connectivity index is 2.55. The van der Waals surface area contributed by atoms with E-state index in [1.165, 1.54) is 0 Å². The number of nitrogens with zero attached hydrogens (tertiary/aromatic N) is 2. The molecule has 1 aliphatic carbocycles. The molecule has 1 heterocycles. The summed E-state index contributed by atoms with van der Waals surface area (Å²) in [6.07, 6.45) is 4.06. The summed E-state index contributed by atoms with van der Waals surface area (Å²) in [5.41, 5.74) is 13.1. The van der Waals surface area contributed by atoms with Crippen LogP contribution in [-0.2, 0) is 12.0 Å². The first kappa shape index (κ1) is 7.64. The Morgan fingerprint density at radius 1 is 1.50 bits per heavy atom. The van der Waals surface area contributed by atoms with Crippen molar-refractivity contribution < 1.29 is 0 Å². The fraction of sp³-hybridized carbons (Fsp3) is 0.500. The van der Waals surface area contributed by atoms with Gasteiger partial charge in [-0.2, -0.15) is 0 Å². The maximum Gasteiger partial charge on any atom is 0.0831 e. The van der Waals surface area contributed by atoms with Gasteiger partial charge in [0.15, 0.2) is 0 Å². The molecule has 4 heteroatoms. The second-order valence-corrected chi connectivity index (χ2v) is 3.44. The quantitative estimate of drug-likeness (QED) is 0.543. The smallest absolute Gasteiger partial charge is 0.0831 e. The molecule has 0 bridgehead atoms. The first-order valence-electron chi connectivity index (χ1n) is 3.97. The van der Waals surface area contributed by atoms with E-state index in [0.717, 1.165) is 17.8 Å². The van der Waals surface area contributed by atoms with Crippen LogP contribution in [0.4, 0.5) is 0 Å². The Morgan fingerprint density at radius 3 is 2.83 bits per heavy atom. The second-order valence-electron chi connectivity index (χ2n) is 3.44. The van der Waals surface area contributed by atoms with Gasteiger partial charge in [-0.1, -0.05) is 0 Å². The SMILES string of the molecule is CC1(N)c2nccnc2C[C@H]1N. The standard InChI is InChI=1S/C8H12N4/c1-8(10)6(9)4-5-7(8)12-3-2-11-5/h2-3,6H,4,9-10H2,1H3/t6-,8?/m1/s1. The molecule has 0 radical (unpaired) electrons. The fourth-order valence-corrected chi connectivity index (χ4v) is 1.56. The molecule has 0 saturated heterocycles. The van der Waals surface area contributed by atoms with E-state index in [2.05, 4.69) is 9.97 Å². The molecule has 2 rings (SSSR count). The van der Waals surface area contributed by atoms with Gasteiger partial charge < -0.3 is 11.5 Å². The van der Waals surface area contributed by atoms with Crippen LogP contribution in [0.25, 0.3) is 0 Å². The molecule has 0 spiro atoms. The van der Waals surface area contributed by atoms with Crippen molar-refractivity contribution in [2.24, 2.45) is 11.5 Å². The van der Waals surface area contributed by atoms with Crippen LogP contribution < -0.4 is 11.5 Å². The predicted octanol–water partition coefficient (Wildman–Crippen LogP) is -0.466. The zero-order valence-corrected chi connectivity index (χ0v) is 6.99. The molecule has 0 aromatic carbocycles. The maximum absolute atomic E-state index is 6.01. The molecular weight excluding hydrogens is 152 g/mol.